The van der Waals surface area contributed by atoms with Gasteiger partial charge in [-0.25, -0.2) is 0 Å². The van der Waals surface area contributed by atoms with Gasteiger partial charge in [-0.05, 0) is 51.4 Å². The Hall–Kier alpha value is 1.13. The van der Waals surface area contributed by atoms with E-state index in [1.165, 1.54) is 64.2 Å². The van der Waals surface area contributed by atoms with Crippen molar-refractivity contribution in [2.75, 3.05) is 0 Å². The quantitative estimate of drug-likeness (QED) is 0.486. The largest absolute Gasteiger partial charge is 0.132 e. The summed E-state index contributed by atoms with van der Waals surface area (Å²) in [6.07, 6.45) is 14.3. The maximum Gasteiger partial charge on any atom is 0.132 e. The molecule has 2 aliphatic carbocycles. The minimum Gasteiger partial charge on any atom is -0.0530 e. The molecule has 2 aliphatic rings. The Kier molecular flexibility index (Phi) is 4.74. The second kappa shape index (κ2) is 5.65. The van der Waals surface area contributed by atoms with E-state index in [0.29, 0.717) is 0 Å². The lowest BCUT2D eigenvalue weighted by atomic mass is 10.00. The summed E-state index contributed by atoms with van der Waals surface area (Å²) in [5.74, 6) is 0. The molecule has 88 valence electrons. The van der Waals surface area contributed by atoms with Crippen LogP contribution in [0.15, 0.2) is 0 Å². The van der Waals surface area contributed by atoms with Gasteiger partial charge in [0.05, 0.1) is 11.3 Å². The van der Waals surface area contributed by atoms with Crippen LogP contribution >= 0.6 is 30.2 Å². The van der Waals surface area contributed by atoms with Gasteiger partial charge in [0, 0.05) is 24.5 Å². The van der Waals surface area contributed by atoms with Crippen LogP contribution in [0.3, 0.4) is 0 Å². The van der Waals surface area contributed by atoms with Crippen molar-refractivity contribution in [2.45, 2.75) is 75.5 Å². The normalized spacial score (nSPS) is 26.8. The number of hydrogen-bond donors (Lipinski definition) is 2. The highest BCUT2D eigenvalue weighted by atomic mass is 33.1. The fraction of sp³-hybridized carbons (Fsp3) is 1.00. The van der Waals surface area contributed by atoms with Gasteiger partial charge in [0.25, 0.3) is 0 Å². The van der Waals surface area contributed by atoms with Gasteiger partial charge < -0.3 is 0 Å². The molecule has 0 amide bonds. The van der Waals surface area contributed by atoms with Gasteiger partial charge in [0.2, 0.25) is 0 Å². The summed E-state index contributed by atoms with van der Waals surface area (Å²) in [6.45, 7) is 0. The molecule has 0 radical (unpaired) electrons. The smallest absolute Gasteiger partial charge is 0.0530 e. The fourth-order valence-corrected chi connectivity index (χ4v) is 8.84. The molecular formula is C12H24PS2+. The highest BCUT2D eigenvalue weighted by Crippen LogP contribution is 2.79. The summed E-state index contributed by atoms with van der Waals surface area (Å²) in [5, 5.41) is 0. The minimum atomic E-state index is -1.20. The predicted molar refractivity (Wildman–Crippen MR) is 78.6 cm³/mol. The molecule has 0 heterocycles. The third kappa shape index (κ3) is 3.07. The SMILES string of the molecule is S[P+](S)(C1CCCCC1)C1CCCCC1. The zero-order valence-corrected chi connectivity index (χ0v) is 12.3. The van der Waals surface area contributed by atoms with E-state index >= 15 is 0 Å². The average molecular weight is 263 g/mol. The first kappa shape index (κ1) is 12.6. The van der Waals surface area contributed by atoms with Gasteiger partial charge in [-0.2, -0.15) is 0 Å². The van der Waals surface area contributed by atoms with Crippen molar-refractivity contribution in [1.29, 1.82) is 0 Å². The van der Waals surface area contributed by atoms with E-state index in [-0.39, 0.29) is 0 Å². The van der Waals surface area contributed by atoms with E-state index in [1.807, 2.05) is 0 Å². The van der Waals surface area contributed by atoms with Crippen molar-refractivity contribution in [3.8, 4) is 0 Å². The van der Waals surface area contributed by atoms with Crippen LogP contribution in [0.4, 0.5) is 0 Å². The van der Waals surface area contributed by atoms with Gasteiger partial charge >= 0.3 is 0 Å². The third-order valence-electron chi connectivity index (χ3n) is 4.22. The highest BCUT2D eigenvalue weighted by molar-refractivity contribution is 8.85. The topological polar surface area (TPSA) is 0 Å². The molecule has 0 aromatic heterocycles. The summed E-state index contributed by atoms with van der Waals surface area (Å²) in [5.41, 5.74) is 0.547. The molecule has 0 N–H and O–H groups in total. The van der Waals surface area contributed by atoms with Crippen molar-refractivity contribution < 1.29 is 0 Å². The maximum atomic E-state index is 5.05. The lowest BCUT2D eigenvalue weighted by molar-refractivity contribution is 0.487. The van der Waals surface area contributed by atoms with Crippen LogP contribution in [0.25, 0.3) is 0 Å². The van der Waals surface area contributed by atoms with E-state index < -0.39 is 5.67 Å². The van der Waals surface area contributed by atoms with E-state index in [4.69, 9.17) is 24.5 Å². The van der Waals surface area contributed by atoms with Gasteiger partial charge in [-0.1, -0.05) is 12.8 Å². The lowest BCUT2D eigenvalue weighted by Gasteiger charge is -2.35. The summed E-state index contributed by atoms with van der Waals surface area (Å²) in [4.78, 5) is 0. The maximum absolute atomic E-state index is 5.05. The first-order valence-corrected chi connectivity index (χ1v) is 10.8. The second-order valence-corrected chi connectivity index (χ2v) is 13.1. The van der Waals surface area contributed by atoms with E-state index in [0.717, 1.165) is 11.3 Å². The molecule has 0 atom stereocenters. The van der Waals surface area contributed by atoms with E-state index in [2.05, 4.69) is 0 Å². The summed E-state index contributed by atoms with van der Waals surface area (Å²) in [6, 6.07) is 0. The molecular weight excluding hydrogens is 239 g/mol. The third-order valence-corrected chi connectivity index (χ3v) is 11.3. The molecule has 2 fully saturated rings. The minimum absolute atomic E-state index is 0.876. The van der Waals surface area contributed by atoms with E-state index in [9.17, 15) is 0 Å². The summed E-state index contributed by atoms with van der Waals surface area (Å²) in [7, 11) is 0. The zero-order chi connectivity index (χ0) is 10.7. The van der Waals surface area contributed by atoms with E-state index in [1.54, 1.807) is 0 Å². The van der Waals surface area contributed by atoms with Crippen LogP contribution in [0, 0.1) is 0 Å². The van der Waals surface area contributed by atoms with Gasteiger partial charge in [0.1, 0.15) is 5.67 Å². The molecule has 2 saturated carbocycles. The van der Waals surface area contributed by atoms with Gasteiger partial charge in [-0.3, -0.25) is 0 Å². The average Bonchev–Trinajstić information content (AvgIpc) is 2.31. The number of rotatable bonds is 2. The van der Waals surface area contributed by atoms with Gasteiger partial charge in [0.15, 0.2) is 0 Å². The van der Waals surface area contributed by atoms with Crippen LogP contribution in [-0.2, 0) is 0 Å². The Bertz CT molecular complexity index is 174. The van der Waals surface area contributed by atoms with Crippen molar-refractivity contribution in [2.24, 2.45) is 0 Å². The monoisotopic (exact) mass is 263 g/mol. The summed E-state index contributed by atoms with van der Waals surface area (Å²) >= 11 is 10.1. The van der Waals surface area contributed by atoms with Crippen molar-refractivity contribution in [1.82, 2.24) is 0 Å². The predicted octanol–water partition coefficient (Wildman–Crippen LogP) is 5.36. The Labute approximate surface area is 106 Å². The zero-order valence-electron chi connectivity index (χ0n) is 9.57. The molecule has 2 rings (SSSR count). The fourth-order valence-electron chi connectivity index (χ4n) is 3.22. The molecule has 0 saturated heterocycles. The van der Waals surface area contributed by atoms with Crippen LogP contribution in [0.1, 0.15) is 64.2 Å². The molecule has 0 aromatic carbocycles. The van der Waals surface area contributed by atoms with Crippen molar-refractivity contribution >= 4 is 30.2 Å². The van der Waals surface area contributed by atoms with Crippen LogP contribution in [-0.4, -0.2) is 11.3 Å². The molecule has 0 aromatic rings. The highest BCUT2D eigenvalue weighted by Gasteiger charge is 2.47. The van der Waals surface area contributed by atoms with Crippen LogP contribution in [0.2, 0.25) is 0 Å². The Morgan fingerprint density at radius 1 is 0.600 bits per heavy atom. The Morgan fingerprint density at radius 2 is 0.933 bits per heavy atom. The molecule has 0 spiro atoms. The van der Waals surface area contributed by atoms with Crippen molar-refractivity contribution in [3.63, 3.8) is 0 Å². The molecule has 0 unspecified atom stereocenters. The van der Waals surface area contributed by atoms with Crippen LogP contribution in [0.5, 0.6) is 0 Å². The molecule has 0 bridgehead atoms. The Morgan fingerprint density at radius 3 is 1.27 bits per heavy atom. The molecule has 15 heavy (non-hydrogen) atoms. The summed E-state index contributed by atoms with van der Waals surface area (Å²) < 4.78 is 0. The number of hydrogen-bond acceptors (Lipinski definition) is 2. The molecule has 3 heteroatoms. The number of thiol groups is 2. The second-order valence-electron chi connectivity index (χ2n) is 5.28. The Balaban J connectivity index is 1.96. The lowest BCUT2D eigenvalue weighted by Crippen LogP contribution is -2.22. The first-order valence-electron chi connectivity index (χ1n) is 6.55. The van der Waals surface area contributed by atoms with Crippen LogP contribution < -0.4 is 0 Å². The molecule has 0 nitrogen and oxygen atoms in total. The standard InChI is InChI=1S/C12H24PS2/c14-13(15,11-7-3-1-4-8-11)12-9-5-2-6-10-12/h11-12,14-15H,1-10H2/q+1. The van der Waals surface area contributed by atoms with Crippen molar-refractivity contribution in [3.05, 3.63) is 0 Å². The van der Waals surface area contributed by atoms with Gasteiger partial charge in [-0.15, -0.1) is 0 Å². The molecule has 0 aliphatic heterocycles. The first-order chi connectivity index (χ1) is 7.21.